The lowest BCUT2D eigenvalue weighted by molar-refractivity contribution is -0.115. The summed E-state index contributed by atoms with van der Waals surface area (Å²) in [4.78, 5) is 25.2. The van der Waals surface area contributed by atoms with Crippen LogP contribution in [0.5, 0.6) is 11.8 Å². The van der Waals surface area contributed by atoms with Gasteiger partial charge < -0.3 is 10.1 Å². The van der Waals surface area contributed by atoms with E-state index < -0.39 is 10.0 Å². The van der Waals surface area contributed by atoms with Crippen LogP contribution in [0, 0.1) is 13.8 Å². The molecule has 0 radical (unpaired) electrons. The van der Waals surface area contributed by atoms with E-state index in [1.165, 1.54) is 12.1 Å². The second kappa shape index (κ2) is 9.98. The Morgan fingerprint density at radius 2 is 1.65 bits per heavy atom. The monoisotopic (exact) mass is 495 g/mol. The molecule has 174 valence electrons. The number of benzene rings is 2. The number of nitrogens with one attached hydrogen (secondary N) is 2. The van der Waals surface area contributed by atoms with E-state index in [0.717, 1.165) is 22.7 Å². The van der Waals surface area contributed by atoms with Crippen molar-refractivity contribution in [3.8, 4) is 11.8 Å². The summed E-state index contributed by atoms with van der Waals surface area (Å²) in [6.07, 6.45) is -0.00176. The number of aromatic nitrogens is 3. The highest BCUT2D eigenvalue weighted by molar-refractivity contribution is 7.93. The van der Waals surface area contributed by atoms with Gasteiger partial charge in [0.2, 0.25) is 5.91 Å². The van der Waals surface area contributed by atoms with Gasteiger partial charge in [-0.25, -0.2) is 23.4 Å². The second-order valence-electron chi connectivity index (χ2n) is 7.35. The van der Waals surface area contributed by atoms with Gasteiger partial charge in [-0.1, -0.05) is 18.2 Å². The molecule has 4 aromatic rings. The van der Waals surface area contributed by atoms with Crippen molar-refractivity contribution in [2.24, 2.45) is 0 Å². The van der Waals surface area contributed by atoms with E-state index in [9.17, 15) is 13.2 Å². The predicted octanol–water partition coefficient (Wildman–Crippen LogP) is 4.32. The first-order valence-corrected chi connectivity index (χ1v) is 12.6. The zero-order valence-electron chi connectivity index (χ0n) is 18.3. The minimum absolute atomic E-state index is 0.00176. The number of sulfonamides is 1. The zero-order chi connectivity index (χ0) is 24.1. The smallest absolute Gasteiger partial charge is 0.322 e. The van der Waals surface area contributed by atoms with Gasteiger partial charge in [-0.3, -0.25) is 9.52 Å². The highest BCUT2D eigenvalue weighted by atomic mass is 32.2. The Hall–Kier alpha value is -3.83. The summed E-state index contributed by atoms with van der Waals surface area (Å²) in [5.74, 6) is 0.256. The molecule has 0 unspecified atom stereocenters. The van der Waals surface area contributed by atoms with Crippen molar-refractivity contribution >= 4 is 38.1 Å². The maximum atomic E-state index is 12.4. The van der Waals surface area contributed by atoms with Crippen LogP contribution in [0.1, 0.15) is 17.1 Å². The Labute approximate surface area is 200 Å². The third-order valence-corrected chi connectivity index (χ3v) is 6.77. The van der Waals surface area contributed by atoms with Crippen molar-refractivity contribution in [1.82, 2.24) is 15.0 Å². The fourth-order valence-electron chi connectivity index (χ4n) is 3.03. The van der Waals surface area contributed by atoms with Gasteiger partial charge in [0.15, 0.2) is 5.13 Å². The van der Waals surface area contributed by atoms with Crippen molar-refractivity contribution in [2.75, 3.05) is 10.0 Å². The molecule has 0 aliphatic rings. The molecule has 2 aromatic heterocycles. The Morgan fingerprint density at radius 3 is 2.32 bits per heavy atom. The normalized spacial score (nSPS) is 11.1. The summed E-state index contributed by atoms with van der Waals surface area (Å²) < 4.78 is 32.9. The van der Waals surface area contributed by atoms with Gasteiger partial charge >= 0.3 is 6.01 Å². The van der Waals surface area contributed by atoms with Crippen molar-refractivity contribution in [3.63, 3.8) is 0 Å². The van der Waals surface area contributed by atoms with E-state index in [1.807, 2.05) is 19.9 Å². The molecule has 1 amide bonds. The lowest BCUT2D eigenvalue weighted by atomic mass is 10.2. The Bertz CT molecular complexity index is 1380. The second-order valence-corrected chi connectivity index (χ2v) is 9.89. The summed E-state index contributed by atoms with van der Waals surface area (Å²) in [5, 5.41) is 4.62. The largest absolute Gasteiger partial charge is 0.424 e. The predicted molar refractivity (Wildman–Crippen MR) is 130 cm³/mol. The van der Waals surface area contributed by atoms with E-state index in [2.05, 4.69) is 25.0 Å². The molecule has 0 fully saturated rings. The molecule has 4 rings (SSSR count). The maximum absolute atomic E-state index is 12.4. The van der Waals surface area contributed by atoms with Gasteiger partial charge in [0, 0.05) is 22.5 Å². The van der Waals surface area contributed by atoms with E-state index in [4.69, 9.17) is 4.74 Å². The van der Waals surface area contributed by atoms with Crippen LogP contribution >= 0.6 is 11.3 Å². The van der Waals surface area contributed by atoms with Crippen LogP contribution in [0.2, 0.25) is 0 Å². The van der Waals surface area contributed by atoms with Crippen molar-refractivity contribution in [2.45, 2.75) is 25.2 Å². The molecule has 11 heteroatoms. The number of thiazole rings is 1. The quantitative estimate of drug-likeness (QED) is 0.373. The molecule has 0 bridgehead atoms. The average molecular weight is 496 g/mol. The maximum Gasteiger partial charge on any atom is 0.322 e. The van der Waals surface area contributed by atoms with Crippen molar-refractivity contribution in [3.05, 3.63) is 83.1 Å². The molecule has 2 aromatic carbocycles. The number of carbonyl (C=O) groups excluding carboxylic acids is 1. The molecule has 0 aliphatic heterocycles. The van der Waals surface area contributed by atoms with Crippen LogP contribution in [0.25, 0.3) is 0 Å². The van der Waals surface area contributed by atoms with Crippen molar-refractivity contribution < 1.29 is 17.9 Å². The van der Waals surface area contributed by atoms with Crippen LogP contribution in [0.4, 0.5) is 10.8 Å². The van der Waals surface area contributed by atoms with E-state index in [1.54, 1.807) is 47.8 Å². The van der Waals surface area contributed by atoms with Gasteiger partial charge in [-0.05, 0) is 56.3 Å². The summed E-state index contributed by atoms with van der Waals surface area (Å²) in [7, 11) is -3.73. The number of aryl methyl sites for hydroxylation is 2. The fraction of sp³-hybridized carbons (Fsp3) is 0.130. The first-order chi connectivity index (χ1) is 16.3. The van der Waals surface area contributed by atoms with Crippen LogP contribution in [0.3, 0.4) is 0 Å². The van der Waals surface area contributed by atoms with Gasteiger partial charge in [0.05, 0.1) is 17.0 Å². The number of hydrogen-bond donors (Lipinski definition) is 2. The lowest BCUT2D eigenvalue weighted by Crippen LogP contribution is -2.15. The van der Waals surface area contributed by atoms with Crippen LogP contribution in [-0.4, -0.2) is 29.3 Å². The Morgan fingerprint density at radius 1 is 0.971 bits per heavy atom. The summed E-state index contributed by atoms with van der Waals surface area (Å²) in [6, 6.07) is 16.9. The molecule has 0 saturated carbocycles. The molecular weight excluding hydrogens is 474 g/mol. The first kappa shape index (κ1) is 23.3. The molecule has 0 saturated heterocycles. The fourth-order valence-corrected chi connectivity index (χ4v) is 5.01. The van der Waals surface area contributed by atoms with Crippen LogP contribution in [-0.2, 0) is 21.2 Å². The molecule has 0 spiro atoms. The minimum Gasteiger partial charge on any atom is -0.424 e. The van der Waals surface area contributed by atoms with E-state index in [0.29, 0.717) is 17.1 Å². The first-order valence-electron chi connectivity index (χ1n) is 10.2. The van der Waals surface area contributed by atoms with E-state index in [-0.39, 0.29) is 28.4 Å². The van der Waals surface area contributed by atoms with E-state index >= 15 is 0 Å². The number of hydrogen-bond acceptors (Lipinski definition) is 8. The van der Waals surface area contributed by atoms with Gasteiger partial charge in [0.1, 0.15) is 5.75 Å². The average Bonchev–Trinajstić information content (AvgIpc) is 3.21. The molecule has 9 nitrogen and oxygen atoms in total. The Balaban J connectivity index is 1.33. The minimum atomic E-state index is -3.73. The number of amides is 1. The van der Waals surface area contributed by atoms with Crippen LogP contribution in [0.15, 0.2) is 70.9 Å². The highest BCUT2D eigenvalue weighted by Crippen LogP contribution is 2.22. The molecule has 34 heavy (non-hydrogen) atoms. The molecule has 0 aliphatic carbocycles. The molecular formula is C23H21N5O4S2. The van der Waals surface area contributed by atoms with Crippen molar-refractivity contribution in [1.29, 1.82) is 0 Å². The molecule has 2 heterocycles. The van der Waals surface area contributed by atoms with Gasteiger partial charge in [0.25, 0.3) is 10.0 Å². The number of rotatable bonds is 8. The topological polar surface area (TPSA) is 123 Å². The third-order valence-electron chi connectivity index (χ3n) is 4.48. The zero-order valence-corrected chi connectivity index (χ0v) is 20.0. The SMILES string of the molecule is Cc1cc(C)nc(Oc2ccc(NC(=O)Cc3csc(NS(=O)(=O)c4ccccc4)n3)cc2)n1. The van der Waals surface area contributed by atoms with Gasteiger partial charge in [-0.2, -0.15) is 0 Å². The number of carbonyl (C=O) groups is 1. The molecule has 0 atom stereocenters. The highest BCUT2D eigenvalue weighted by Gasteiger charge is 2.16. The standard InChI is InChI=1S/C23H21N5O4S2/c1-15-12-16(2)25-22(24-15)32-19-10-8-17(9-11-19)26-21(29)13-18-14-33-23(27-18)28-34(30,31)20-6-4-3-5-7-20/h3-12,14H,13H2,1-2H3,(H,26,29)(H,27,28). The van der Waals surface area contributed by atoms with Crippen LogP contribution < -0.4 is 14.8 Å². The van der Waals surface area contributed by atoms with Gasteiger partial charge in [-0.15, -0.1) is 11.3 Å². The molecule has 2 N–H and O–H groups in total. The number of anilines is 2. The summed E-state index contributed by atoms with van der Waals surface area (Å²) in [5.41, 5.74) is 2.66. The summed E-state index contributed by atoms with van der Waals surface area (Å²) >= 11 is 1.11. The third kappa shape index (κ3) is 6.15. The lowest BCUT2D eigenvalue weighted by Gasteiger charge is -2.08. The summed E-state index contributed by atoms with van der Waals surface area (Å²) in [6.45, 7) is 3.73. The Kier molecular flexibility index (Phi) is 6.85. The number of nitrogens with zero attached hydrogens (tertiary/aromatic N) is 3. The number of ether oxygens (including phenoxy) is 1.